The Hall–Kier alpha value is -0.160. The van der Waals surface area contributed by atoms with Gasteiger partial charge in [0.05, 0.1) is 17.8 Å². The van der Waals surface area contributed by atoms with Gasteiger partial charge in [-0.15, -0.1) is 23.7 Å². The predicted octanol–water partition coefficient (Wildman–Crippen LogP) is 2.72. The molecule has 16 heavy (non-hydrogen) atoms. The number of thiazole rings is 1. The van der Waals surface area contributed by atoms with E-state index in [2.05, 4.69) is 36.5 Å². The third kappa shape index (κ3) is 7.17. The largest absolute Gasteiger partial charge is 0.380 e. The summed E-state index contributed by atoms with van der Waals surface area (Å²) in [6, 6.07) is 0.380. The fourth-order valence-corrected chi connectivity index (χ4v) is 1.70. The first-order chi connectivity index (χ1) is 7.18. The second-order valence-corrected chi connectivity index (χ2v) is 4.91. The van der Waals surface area contributed by atoms with E-state index in [0.29, 0.717) is 12.0 Å². The predicted molar refractivity (Wildman–Crippen MR) is 71.3 cm³/mol. The van der Waals surface area contributed by atoms with Crippen molar-refractivity contribution in [2.45, 2.75) is 33.4 Å². The van der Waals surface area contributed by atoms with Gasteiger partial charge < -0.3 is 10.1 Å². The summed E-state index contributed by atoms with van der Waals surface area (Å²) in [5.41, 5.74) is 2.97. The van der Waals surface area contributed by atoms with Crippen LogP contribution in [0.1, 0.15) is 26.5 Å². The van der Waals surface area contributed by atoms with Crippen molar-refractivity contribution in [2.75, 3.05) is 13.2 Å². The fraction of sp³-hybridized carbons (Fsp3) is 0.727. The highest BCUT2D eigenvalue weighted by Gasteiger charge is 2.03. The van der Waals surface area contributed by atoms with E-state index in [1.165, 1.54) is 0 Å². The van der Waals surface area contributed by atoms with Crippen LogP contribution >= 0.6 is 23.7 Å². The summed E-state index contributed by atoms with van der Waals surface area (Å²) in [7, 11) is 0. The van der Waals surface area contributed by atoms with Gasteiger partial charge in [-0.3, -0.25) is 0 Å². The van der Waals surface area contributed by atoms with Crippen LogP contribution in [0.15, 0.2) is 10.9 Å². The number of hydrogen-bond donors (Lipinski definition) is 1. The zero-order valence-electron chi connectivity index (χ0n) is 10.1. The maximum Gasteiger partial charge on any atom is 0.0795 e. The van der Waals surface area contributed by atoms with Crippen LogP contribution in [0.3, 0.4) is 0 Å². The van der Waals surface area contributed by atoms with E-state index in [9.17, 15) is 0 Å². The maximum absolute atomic E-state index is 5.55. The van der Waals surface area contributed by atoms with Crippen LogP contribution in [0.25, 0.3) is 0 Å². The third-order valence-electron chi connectivity index (χ3n) is 1.93. The molecule has 0 saturated heterocycles. The summed E-state index contributed by atoms with van der Waals surface area (Å²) in [4.78, 5) is 4.21. The number of nitrogens with one attached hydrogen (secondary N) is 1. The van der Waals surface area contributed by atoms with Gasteiger partial charge in [0.15, 0.2) is 0 Å². The smallest absolute Gasteiger partial charge is 0.0795 e. The lowest BCUT2D eigenvalue weighted by Crippen LogP contribution is -2.30. The molecule has 94 valence electrons. The Balaban J connectivity index is 0.00000225. The molecule has 0 bridgehead atoms. The molecule has 0 aliphatic rings. The molecule has 0 aromatic carbocycles. The standard InChI is InChI=1S/C11H20N2OS.ClH/c1-9(2)5-14-6-10(3)12-4-11-7-15-8-13-11;/h7-10,12H,4-6H2,1-3H3;1H. The molecule has 1 N–H and O–H groups in total. The van der Waals surface area contributed by atoms with E-state index in [0.717, 1.165) is 25.5 Å². The van der Waals surface area contributed by atoms with Crippen molar-refractivity contribution in [3.05, 3.63) is 16.6 Å². The molecule has 0 saturated carbocycles. The maximum atomic E-state index is 5.55. The average molecular weight is 265 g/mol. The first-order valence-electron chi connectivity index (χ1n) is 5.36. The van der Waals surface area contributed by atoms with Gasteiger partial charge in [-0.25, -0.2) is 4.98 Å². The Morgan fingerprint density at radius 1 is 1.38 bits per heavy atom. The molecular weight excluding hydrogens is 244 g/mol. The van der Waals surface area contributed by atoms with E-state index < -0.39 is 0 Å². The zero-order valence-corrected chi connectivity index (χ0v) is 11.7. The normalized spacial score (nSPS) is 12.5. The summed E-state index contributed by atoms with van der Waals surface area (Å²) >= 11 is 1.63. The molecule has 0 aliphatic carbocycles. The second kappa shape index (κ2) is 8.93. The minimum atomic E-state index is 0. The molecule has 5 heteroatoms. The number of hydrogen-bond acceptors (Lipinski definition) is 4. The quantitative estimate of drug-likeness (QED) is 0.822. The van der Waals surface area contributed by atoms with Gasteiger partial charge >= 0.3 is 0 Å². The Labute approximate surface area is 108 Å². The van der Waals surface area contributed by atoms with E-state index in [1.807, 2.05) is 5.51 Å². The van der Waals surface area contributed by atoms with Gasteiger partial charge in [0.2, 0.25) is 0 Å². The third-order valence-corrected chi connectivity index (χ3v) is 2.57. The van der Waals surface area contributed by atoms with Gasteiger partial charge in [-0.2, -0.15) is 0 Å². The summed E-state index contributed by atoms with van der Waals surface area (Å²) in [5, 5.41) is 5.44. The Kier molecular flexibility index (Phi) is 8.84. The van der Waals surface area contributed by atoms with Gasteiger partial charge in [0, 0.05) is 24.6 Å². The summed E-state index contributed by atoms with van der Waals surface area (Å²) < 4.78 is 5.55. The SMILES string of the molecule is CC(C)COCC(C)NCc1cscn1.Cl. The van der Waals surface area contributed by atoms with Gasteiger partial charge in [-0.1, -0.05) is 13.8 Å². The molecule has 0 aliphatic heterocycles. The summed E-state index contributed by atoms with van der Waals surface area (Å²) in [6.07, 6.45) is 0. The highest BCUT2D eigenvalue weighted by atomic mass is 35.5. The molecule has 0 radical (unpaired) electrons. The second-order valence-electron chi connectivity index (χ2n) is 4.19. The minimum absolute atomic E-state index is 0. The number of nitrogens with zero attached hydrogens (tertiary/aromatic N) is 1. The fourth-order valence-electron chi connectivity index (χ4n) is 1.14. The molecule has 1 atom stereocenters. The zero-order chi connectivity index (χ0) is 11.1. The van der Waals surface area contributed by atoms with Gasteiger partial charge in [0.25, 0.3) is 0 Å². The Bertz CT molecular complexity index is 254. The first kappa shape index (κ1) is 15.8. The van der Waals surface area contributed by atoms with Crippen molar-refractivity contribution < 1.29 is 4.74 Å². The molecular formula is C11H21ClN2OS. The molecule has 0 amide bonds. The lowest BCUT2D eigenvalue weighted by molar-refractivity contribution is 0.0934. The van der Waals surface area contributed by atoms with Crippen LogP contribution < -0.4 is 5.32 Å². The lowest BCUT2D eigenvalue weighted by Gasteiger charge is -2.14. The molecule has 1 unspecified atom stereocenters. The molecule has 0 spiro atoms. The minimum Gasteiger partial charge on any atom is -0.380 e. The van der Waals surface area contributed by atoms with Crippen LogP contribution in [-0.4, -0.2) is 24.2 Å². The topological polar surface area (TPSA) is 34.1 Å². The van der Waals surface area contributed by atoms with E-state index in [-0.39, 0.29) is 12.4 Å². The number of rotatable bonds is 7. The highest BCUT2D eigenvalue weighted by Crippen LogP contribution is 2.00. The van der Waals surface area contributed by atoms with Crippen molar-refractivity contribution in [1.82, 2.24) is 10.3 Å². The highest BCUT2D eigenvalue weighted by molar-refractivity contribution is 7.07. The van der Waals surface area contributed by atoms with Crippen LogP contribution in [0.4, 0.5) is 0 Å². The van der Waals surface area contributed by atoms with E-state index in [1.54, 1.807) is 11.3 Å². The van der Waals surface area contributed by atoms with Crippen LogP contribution in [-0.2, 0) is 11.3 Å². The first-order valence-corrected chi connectivity index (χ1v) is 6.31. The lowest BCUT2D eigenvalue weighted by atomic mass is 10.2. The summed E-state index contributed by atoms with van der Waals surface area (Å²) in [6.45, 7) is 8.88. The molecule has 1 aromatic rings. The monoisotopic (exact) mass is 264 g/mol. The average Bonchev–Trinajstić information content (AvgIpc) is 2.66. The molecule has 1 heterocycles. The molecule has 3 nitrogen and oxygen atoms in total. The van der Waals surface area contributed by atoms with Crippen molar-refractivity contribution >= 4 is 23.7 Å². The number of ether oxygens (including phenoxy) is 1. The number of aromatic nitrogens is 1. The Morgan fingerprint density at radius 2 is 2.12 bits per heavy atom. The van der Waals surface area contributed by atoms with Crippen LogP contribution in [0, 0.1) is 5.92 Å². The molecule has 0 fully saturated rings. The Morgan fingerprint density at radius 3 is 2.69 bits per heavy atom. The van der Waals surface area contributed by atoms with Crippen molar-refractivity contribution in [3.63, 3.8) is 0 Å². The van der Waals surface area contributed by atoms with E-state index in [4.69, 9.17) is 4.74 Å². The van der Waals surface area contributed by atoms with Crippen LogP contribution in [0.5, 0.6) is 0 Å². The van der Waals surface area contributed by atoms with Crippen LogP contribution in [0.2, 0.25) is 0 Å². The van der Waals surface area contributed by atoms with Crippen molar-refractivity contribution in [2.24, 2.45) is 5.92 Å². The van der Waals surface area contributed by atoms with Crippen molar-refractivity contribution in [1.29, 1.82) is 0 Å². The molecule has 1 rings (SSSR count). The molecule has 1 aromatic heterocycles. The van der Waals surface area contributed by atoms with Gasteiger partial charge in [-0.05, 0) is 12.8 Å². The van der Waals surface area contributed by atoms with Crippen molar-refractivity contribution in [3.8, 4) is 0 Å². The van der Waals surface area contributed by atoms with Gasteiger partial charge in [0.1, 0.15) is 0 Å². The van der Waals surface area contributed by atoms with E-state index >= 15 is 0 Å². The number of halogens is 1. The summed E-state index contributed by atoms with van der Waals surface area (Å²) in [5.74, 6) is 0.607.